The molecule has 2 aromatic rings. The average molecular weight is 366 g/mol. The molecule has 1 aromatic heterocycles. The van der Waals surface area contributed by atoms with E-state index in [1.807, 2.05) is 43.3 Å². The molecule has 1 aliphatic carbocycles. The first-order valence-electron chi connectivity index (χ1n) is 6.71. The van der Waals surface area contributed by atoms with Crippen LogP contribution in [0.15, 0.2) is 58.7 Å². The van der Waals surface area contributed by atoms with Crippen molar-refractivity contribution in [2.45, 2.75) is 25.0 Å². The zero-order chi connectivity index (χ0) is 15.3. The Morgan fingerprint density at radius 1 is 1.24 bits per heavy atom. The highest BCUT2D eigenvalue weighted by atomic mass is 79.9. The molecule has 0 N–H and O–H groups in total. The molecule has 3 rings (SSSR count). The average Bonchev–Trinajstić information content (AvgIpc) is 2.87. The van der Waals surface area contributed by atoms with E-state index in [1.54, 1.807) is 19.2 Å². The maximum atomic E-state index is 13.1. The molecular formula is C16H16BrNO2S. The van der Waals surface area contributed by atoms with Crippen molar-refractivity contribution in [3.8, 4) is 0 Å². The van der Waals surface area contributed by atoms with Crippen LogP contribution in [0.1, 0.15) is 20.3 Å². The lowest BCUT2D eigenvalue weighted by Gasteiger charge is -2.30. The van der Waals surface area contributed by atoms with Crippen molar-refractivity contribution in [1.29, 1.82) is 0 Å². The van der Waals surface area contributed by atoms with Gasteiger partial charge in [0.1, 0.15) is 4.75 Å². The van der Waals surface area contributed by atoms with Crippen molar-refractivity contribution in [1.82, 2.24) is 3.97 Å². The number of fused-ring (bicyclic) bond motifs is 1. The van der Waals surface area contributed by atoms with Gasteiger partial charge in [0.25, 0.3) is 0 Å². The lowest BCUT2D eigenvalue weighted by Crippen LogP contribution is -2.38. The second-order valence-corrected chi connectivity index (χ2v) is 8.76. The van der Waals surface area contributed by atoms with Gasteiger partial charge in [0.15, 0.2) is 0 Å². The van der Waals surface area contributed by atoms with Crippen LogP contribution in [-0.2, 0) is 10.0 Å². The Labute approximate surface area is 133 Å². The smallest absolute Gasteiger partial charge is 0.244 e. The molecule has 0 saturated carbocycles. The molecule has 0 amide bonds. The zero-order valence-corrected chi connectivity index (χ0v) is 14.3. The van der Waals surface area contributed by atoms with Crippen molar-refractivity contribution in [2.75, 3.05) is 0 Å². The van der Waals surface area contributed by atoms with Crippen LogP contribution < -0.4 is 0 Å². The van der Waals surface area contributed by atoms with Gasteiger partial charge in [-0.1, -0.05) is 51.9 Å². The van der Waals surface area contributed by atoms with Crippen molar-refractivity contribution < 1.29 is 8.42 Å². The molecule has 0 radical (unpaired) electrons. The summed E-state index contributed by atoms with van der Waals surface area (Å²) in [5.41, 5.74) is 1.76. The molecule has 1 atom stereocenters. The van der Waals surface area contributed by atoms with Gasteiger partial charge in [0.2, 0.25) is 10.0 Å². The van der Waals surface area contributed by atoms with Gasteiger partial charge < -0.3 is 0 Å². The number of aromatic nitrogens is 1. The first-order valence-corrected chi connectivity index (χ1v) is 8.94. The molecule has 21 heavy (non-hydrogen) atoms. The normalized spacial score (nSPS) is 23.0. The Balaban J connectivity index is 2.16. The van der Waals surface area contributed by atoms with Crippen LogP contribution in [-0.4, -0.2) is 17.1 Å². The quantitative estimate of drug-likeness (QED) is 0.799. The molecule has 3 nitrogen and oxygen atoms in total. The van der Waals surface area contributed by atoms with Crippen molar-refractivity contribution >= 4 is 36.9 Å². The summed E-state index contributed by atoms with van der Waals surface area (Å²) in [6, 6.07) is 9.35. The standard InChI is InChI=1S/C16H16BrNO2S/c1-12-11-16(2,9-7-14(12)17)21(19,20)18-10-8-13-5-3-4-6-15(13)18/h3-10H,11H2,1-2H3. The van der Waals surface area contributed by atoms with Gasteiger partial charge in [0, 0.05) is 16.1 Å². The summed E-state index contributed by atoms with van der Waals surface area (Å²) in [5.74, 6) is 0. The minimum Gasteiger partial charge on any atom is -0.244 e. The summed E-state index contributed by atoms with van der Waals surface area (Å²) < 4.78 is 27.7. The third kappa shape index (κ3) is 2.19. The molecule has 0 saturated heterocycles. The van der Waals surface area contributed by atoms with Gasteiger partial charge in [-0.25, -0.2) is 12.4 Å². The number of rotatable bonds is 2. The zero-order valence-electron chi connectivity index (χ0n) is 11.9. The number of para-hydroxylation sites is 1. The highest BCUT2D eigenvalue weighted by molar-refractivity contribution is 9.11. The second-order valence-electron chi connectivity index (χ2n) is 5.63. The Bertz CT molecular complexity index is 877. The van der Waals surface area contributed by atoms with E-state index < -0.39 is 14.8 Å². The Morgan fingerprint density at radius 3 is 2.67 bits per heavy atom. The fourth-order valence-corrected chi connectivity index (χ4v) is 4.74. The molecule has 0 aliphatic heterocycles. The van der Waals surface area contributed by atoms with E-state index in [-0.39, 0.29) is 0 Å². The van der Waals surface area contributed by atoms with E-state index in [9.17, 15) is 8.42 Å². The molecular weight excluding hydrogens is 350 g/mol. The van der Waals surface area contributed by atoms with E-state index in [4.69, 9.17) is 0 Å². The molecule has 1 unspecified atom stereocenters. The molecule has 1 heterocycles. The number of hydrogen-bond acceptors (Lipinski definition) is 2. The summed E-state index contributed by atoms with van der Waals surface area (Å²) in [6.45, 7) is 3.73. The van der Waals surface area contributed by atoms with Gasteiger partial charge in [-0.15, -0.1) is 0 Å². The third-order valence-electron chi connectivity index (χ3n) is 4.02. The minimum atomic E-state index is -3.53. The minimum absolute atomic E-state index is 0.485. The Hall–Kier alpha value is -1.33. The predicted octanol–water partition coefficient (Wildman–Crippen LogP) is 4.21. The van der Waals surface area contributed by atoms with Crippen molar-refractivity contribution in [3.63, 3.8) is 0 Å². The predicted molar refractivity (Wildman–Crippen MR) is 90.0 cm³/mol. The SMILES string of the molecule is CC1=C(Br)C=CC(C)(S(=O)(=O)n2ccc3ccccc32)C1. The van der Waals surface area contributed by atoms with Crippen LogP contribution in [0, 0.1) is 0 Å². The summed E-state index contributed by atoms with van der Waals surface area (Å²) in [4.78, 5) is 0. The molecule has 1 aromatic carbocycles. The summed E-state index contributed by atoms with van der Waals surface area (Å²) in [7, 11) is -3.53. The van der Waals surface area contributed by atoms with Crippen LogP contribution in [0.2, 0.25) is 0 Å². The summed E-state index contributed by atoms with van der Waals surface area (Å²) >= 11 is 3.45. The van der Waals surface area contributed by atoms with Crippen LogP contribution >= 0.6 is 15.9 Å². The Morgan fingerprint density at radius 2 is 1.95 bits per heavy atom. The van der Waals surface area contributed by atoms with Crippen LogP contribution in [0.3, 0.4) is 0 Å². The molecule has 1 aliphatic rings. The highest BCUT2D eigenvalue weighted by Crippen LogP contribution is 2.37. The largest absolute Gasteiger partial charge is 0.248 e. The van der Waals surface area contributed by atoms with E-state index in [0.29, 0.717) is 6.42 Å². The number of halogens is 1. The molecule has 110 valence electrons. The van der Waals surface area contributed by atoms with Crippen molar-refractivity contribution in [2.24, 2.45) is 0 Å². The van der Waals surface area contributed by atoms with E-state index in [1.165, 1.54) is 3.97 Å². The summed E-state index contributed by atoms with van der Waals surface area (Å²) in [6.07, 6.45) is 5.73. The fraction of sp³-hybridized carbons (Fsp3) is 0.250. The third-order valence-corrected chi connectivity index (χ3v) is 7.25. The number of hydrogen-bond donors (Lipinski definition) is 0. The van der Waals surface area contributed by atoms with Gasteiger partial charge in [0.05, 0.1) is 5.52 Å². The molecule has 0 spiro atoms. The van der Waals surface area contributed by atoms with E-state index in [0.717, 1.165) is 21.0 Å². The number of benzene rings is 1. The first kappa shape index (κ1) is 14.6. The van der Waals surface area contributed by atoms with Gasteiger partial charge in [-0.05, 0) is 32.4 Å². The topological polar surface area (TPSA) is 39.1 Å². The van der Waals surface area contributed by atoms with Crippen molar-refractivity contribution in [3.05, 3.63) is 58.7 Å². The second kappa shape index (κ2) is 4.85. The maximum absolute atomic E-state index is 13.1. The van der Waals surface area contributed by atoms with Crippen LogP contribution in [0.4, 0.5) is 0 Å². The molecule has 5 heteroatoms. The fourth-order valence-electron chi connectivity index (χ4n) is 2.73. The first-order chi connectivity index (χ1) is 9.85. The highest BCUT2D eigenvalue weighted by Gasteiger charge is 2.40. The number of allylic oxidation sites excluding steroid dienone is 3. The maximum Gasteiger partial charge on any atom is 0.248 e. The van der Waals surface area contributed by atoms with Gasteiger partial charge >= 0.3 is 0 Å². The van der Waals surface area contributed by atoms with Crippen LogP contribution in [0.5, 0.6) is 0 Å². The van der Waals surface area contributed by atoms with Crippen LogP contribution in [0.25, 0.3) is 10.9 Å². The van der Waals surface area contributed by atoms with E-state index in [2.05, 4.69) is 15.9 Å². The lowest BCUT2D eigenvalue weighted by atomic mass is 9.96. The monoisotopic (exact) mass is 365 g/mol. The molecule has 0 bridgehead atoms. The summed E-state index contributed by atoms with van der Waals surface area (Å²) in [5, 5.41) is 0.929. The van der Waals surface area contributed by atoms with Gasteiger partial charge in [-0.2, -0.15) is 0 Å². The van der Waals surface area contributed by atoms with Gasteiger partial charge in [-0.3, -0.25) is 0 Å². The number of nitrogens with zero attached hydrogens (tertiary/aromatic N) is 1. The lowest BCUT2D eigenvalue weighted by molar-refractivity contribution is 0.551. The molecule has 0 fully saturated rings. The van der Waals surface area contributed by atoms with E-state index >= 15 is 0 Å². The Kier molecular flexibility index (Phi) is 3.37.